The van der Waals surface area contributed by atoms with Gasteiger partial charge in [-0.2, -0.15) is 13.2 Å². The highest BCUT2D eigenvalue weighted by Gasteiger charge is 2.47. The van der Waals surface area contributed by atoms with Crippen molar-refractivity contribution in [2.45, 2.75) is 76.1 Å². The van der Waals surface area contributed by atoms with Crippen LogP contribution in [0.2, 0.25) is 25.2 Å². The van der Waals surface area contributed by atoms with E-state index in [2.05, 4.69) is 19.2 Å². The first-order valence-electron chi connectivity index (χ1n) is 13.8. The van der Waals surface area contributed by atoms with Crippen molar-refractivity contribution in [3.63, 3.8) is 0 Å². The molecule has 2 aromatic rings. The lowest BCUT2D eigenvalue weighted by molar-refractivity contribution is -0.173. The number of ether oxygens (including phenoxy) is 1. The van der Waals surface area contributed by atoms with Crippen LogP contribution in [-0.4, -0.2) is 64.6 Å². The number of halogens is 3. The first-order valence-corrected chi connectivity index (χ1v) is 17.3. The third-order valence-electron chi connectivity index (χ3n) is 8.54. The van der Waals surface area contributed by atoms with E-state index in [1.807, 2.05) is 28.1 Å². The van der Waals surface area contributed by atoms with Crippen LogP contribution in [0.1, 0.15) is 42.1 Å². The van der Waals surface area contributed by atoms with Gasteiger partial charge in [-0.1, -0.05) is 50.3 Å². The summed E-state index contributed by atoms with van der Waals surface area (Å²) in [4.78, 5) is 28.2. The van der Waals surface area contributed by atoms with Crippen molar-refractivity contribution in [2.24, 2.45) is 0 Å². The molecule has 5 rings (SSSR count). The van der Waals surface area contributed by atoms with E-state index in [0.29, 0.717) is 40.6 Å². The molecule has 1 aromatic heterocycles. The minimum absolute atomic E-state index is 0.00594. The first-order chi connectivity index (χ1) is 19.2. The lowest BCUT2D eigenvalue weighted by Crippen LogP contribution is -2.49. The minimum Gasteiger partial charge on any atom is -0.505 e. The van der Waals surface area contributed by atoms with Crippen LogP contribution in [0.3, 0.4) is 0 Å². The predicted molar refractivity (Wildman–Crippen MR) is 148 cm³/mol. The van der Waals surface area contributed by atoms with Crippen molar-refractivity contribution in [3.8, 4) is 0 Å². The van der Waals surface area contributed by atoms with Crippen LogP contribution in [0, 0.1) is 0 Å². The molecule has 12 heteroatoms. The topological polar surface area (TPSA) is 114 Å². The van der Waals surface area contributed by atoms with Gasteiger partial charge in [-0.05, 0) is 47.6 Å². The number of amides is 1. The fourth-order valence-electron chi connectivity index (χ4n) is 6.01. The Hall–Kier alpha value is -3.38. The molecule has 1 aromatic carbocycles. The van der Waals surface area contributed by atoms with Crippen molar-refractivity contribution in [1.29, 1.82) is 0 Å². The molecule has 0 radical (unpaired) electrons. The van der Waals surface area contributed by atoms with Crippen LogP contribution in [-0.2, 0) is 33.7 Å². The van der Waals surface area contributed by atoms with E-state index in [9.17, 15) is 33.0 Å². The summed E-state index contributed by atoms with van der Waals surface area (Å²) in [5.74, 6) is -2.63. The predicted octanol–water partition coefficient (Wildman–Crippen LogP) is 2.61. The Morgan fingerprint density at radius 3 is 2.73 bits per heavy atom. The lowest BCUT2D eigenvalue weighted by Gasteiger charge is -2.35. The third kappa shape index (κ3) is 5.34. The van der Waals surface area contributed by atoms with E-state index in [-0.39, 0.29) is 31.8 Å². The second-order valence-corrected chi connectivity index (χ2v) is 17.1. The number of hydrogen-bond acceptors (Lipinski definition) is 6. The number of aryl methyl sites for hydroxylation is 1. The highest BCUT2D eigenvalue weighted by Crippen LogP contribution is 2.36. The van der Waals surface area contributed by atoms with Gasteiger partial charge in [0.2, 0.25) is 0 Å². The molecule has 2 aliphatic heterocycles. The number of esters is 1. The maximum Gasteiger partial charge on any atom is 0.471 e. The Labute approximate surface area is 236 Å². The van der Waals surface area contributed by atoms with E-state index in [1.165, 1.54) is 5.56 Å². The fourth-order valence-corrected chi connectivity index (χ4v) is 8.34. The van der Waals surface area contributed by atoms with Gasteiger partial charge in [-0.25, -0.2) is 9.78 Å². The fraction of sp³-hybridized carbons (Fsp3) is 0.483. The number of imidazole rings is 1. The third-order valence-corrected chi connectivity index (χ3v) is 11.8. The molecule has 1 amide bonds. The number of fused-ring (bicyclic) bond motifs is 4. The molecule has 3 aliphatic rings. The average molecular weight is 590 g/mol. The molecule has 1 atom stereocenters. The molecule has 220 valence electrons. The summed E-state index contributed by atoms with van der Waals surface area (Å²) in [5.41, 5.74) is 3.71. The number of alkyl halides is 3. The van der Waals surface area contributed by atoms with Gasteiger partial charge in [0.25, 0.3) is 0 Å². The van der Waals surface area contributed by atoms with Gasteiger partial charge in [0.05, 0.1) is 12.2 Å². The quantitative estimate of drug-likeness (QED) is 0.212. The SMILES string of the molecule is CCC1(O)C(=O)OCC2=C1Cc1nc3n(c1=C2O)Cc1c(cccc1CC[Si](C)(C)CCCNC(=O)C(F)(F)F)C=3. The van der Waals surface area contributed by atoms with Gasteiger partial charge >= 0.3 is 18.1 Å². The molecular formula is C29H34F3N3O5Si. The average Bonchev–Trinajstić information content (AvgIpc) is 3.28. The van der Waals surface area contributed by atoms with Crippen molar-refractivity contribution < 1.29 is 37.7 Å². The summed E-state index contributed by atoms with van der Waals surface area (Å²) >= 11 is 0. The number of carbonyl (C=O) groups excluding carboxylic acids is 2. The Morgan fingerprint density at radius 2 is 2.02 bits per heavy atom. The Morgan fingerprint density at radius 1 is 1.27 bits per heavy atom. The first kappa shape index (κ1) is 29.1. The van der Waals surface area contributed by atoms with Crippen LogP contribution >= 0.6 is 0 Å². The highest BCUT2D eigenvalue weighted by atomic mass is 28.3. The van der Waals surface area contributed by atoms with E-state index < -0.39 is 31.7 Å². The summed E-state index contributed by atoms with van der Waals surface area (Å²) in [6.07, 6.45) is -1.20. The monoisotopic (exact) mass is 589 g/mol. The molecule has 0 spiro atoms. The van der Waals surface area contributed by atoms with Crippen molar-refractivity contribution in [2.75, 3.05) is 13.2 Å². The summed E-state index contributed by atoms with van der Waals surface area (Å²) in [7, 11) is -1.76. The number of aliphatic hydroxyl groups is 2. The zero-order valence-corrected chi connectivity index (χ0v) is 24.3. The van der Waals surface area contributed by atoms with E-state index in [0.717, 1.165) is 29.6 Å². The highest BCUT2D eigenvalue weighted by molar-refractivity contribution is 6.77. The zero-order chi connectivity index (χ0) is 29.7. The van der Waals surface area contributed by atoms with E-state index >= 15 is 0 Å². The maximum atomic E-state index is 12.4. The van der Waals surface area contributed by atoms with Crippen LogP contribution in [0.5, 0.6) is 0 Å². The summed E-state index contributed by atoms with van der Waals surface area (Å²) < 4.78 is 44.5. The van der Waals surface area contributed by atoms with Gasteiger partial charge < -0.3 is 24.8 Å². The molecule has 3 N–H and O–H groups in total. The number of nitrogens with one attached hydrogen (secondary N) is 1. The Balaban J connectivity index is 1.35. The summed E-state index contributed by atoms with van der Waals surface area (Å²) in [5, 5.41) is 24.9. The number of carbonyl (C=O) groups is 2. The van der Waals surface area contributed by atoms with Gasteiger partial charge in [0, 0.05) is 26.6 Å². The molecule has 0 fully saturated rings. The number of nitrogens with zero attached hydrogens (tertiary/aromatic N) is 2. The Kier molecular flexibility index (Phi) is 7.43. The van der Waals surface area contributed by atoms with Gasteiger partial charge in [-0.3, -0.25) is 4.79 Å². The van der Waals surface area contributed by atoms with E-state index in [4.69, 9.17) is 9.72 Å². The largest absolute Gasteiger partial charge is 0.505 e. The van der Waals surface area contributed by atoms with Gasteiger partial charge in [-0.15, -0.1) is 0 Å². The summed E-state index contributed by atoms with van der Waals surface area (Å²) in [6.45, 7) is 6.51. The molecule has 0 saturated carbocycles. The number of hydrogen-bond donors (Lipinski definition) is 3. The van der Waals surface area contributed by atoms with Crippen LogP contribution in [0.4, 0.5) is 13.2 Å². The van der Waals surface area contributed by atoms with Crippen molar-refractivity contribution >= 4 is 31.8 Å². The van der Waals surface area contributed by atoms with Crippen molar-refractivity contribution in [1.82, 2.24) is 14.9 Å². The molecule has 1 aliphatic carbocycles. The molecule has 41 heavy (non-hydrogen) atoms. The molecular weight excluding hydrogens is 555 g/mol. The van der Waals surface area contributed by atoms with Crippen molar-refractivity contribution in [3.05, 3.63) is 62.6 Å². The lowest BCUT2D eigenvalue weighted by atomic mass is 9.80. The number of cyclic esters (lactones) is 1. The number of aromatic nitrogens is 2. The zero-order valence-electron chi connectivity index (χ0n) is 23.3. The molecule has 8 nitrogen and oxygen atoms in total. The molecule has 0 bridgehead atoms. The second-order valence-electron chi connectivity index (χ2n) is 11.8. The maximum absolute atomic E-state index is 12.4. The smallest absolute Gasteiger partial charge is 0.471 e. The molecule has 3 heterocycles. The standard InChI is InChI=1S/C29H34F3N3O5Si/c1-4-28(39)21-14-22-24(25(36)20(21)16-40-27(28)38)35-15-19-17(7-5-8-18(19)13-23(35)34-22)9-12-41(2,3)11-6-10-33-26(37)29(30,31)32/h5,7-8,13,36,39H,4,6,9-12,14-16H2,1-3H3,(H,33,37). The number of aliphatic hydroxyl groups excluding tert-OH is 1. The second kappa shape index (κ2) is 10.5. The molecule has 1 unspecified atom stereocenters. The van der Waals surface area contributed by atoms with Gasteiger partial charge in [0.15, 0.2) is 5.60 Å². The van der Waals surface area contributed by atoms with Crippen LogP contribution < -0.4 is 16.1 Å². The van der Waals surface area contributed by atoms with E-state index in [1.54, 1.807) is 6.92 Å². The van der Waals surface area contributed by atoms with Crippen LogP contribution in [0.25, 0.3) is 11.8 Å². The number of benzene rings is 1. The summed E-state index contributed by atoms with van der Waals surface area (Å²) in [6, 6.07) is 7.83. The Bertz CT molecular complexity index is 1580. The minimum atomic E-state index is -4.86. The van der Waals surface area contributed by atoms with Gasteiger partial charge in [0.1, 0.15) is 23.2 Å². The van der Waals surface area contributed by atoms with Crippen LogP contribution in [0.15, 0.2) is 29.3 Å². The number of rotatable bonds is 8. The molecule has 0 saturated heterocycles. The normalized spacial score (nSPS) is 20.0.